The molecule has 0 amide bonds. The molecule has 1 atom stereocenters. The molecule has 0 aromatic heterocycles. The molecule has 3 nitrogen and oxygen atoms in total. The van der Waals surface area contributed by atoms with Crippen molar-refractivity contribution in [3.8, 4) is 11.5 Å². The first-order valence-corrected chi connectivity index (χ1v) is 6.86. The molecule has 3 heteroatoms. The molecule has 0 aliphatic carbocycles. The van der Waals surface area contributed by atoms with E-state index in [1.54, 1.807) is 7.11 Å². The number of methoxy groups -OCH3 is 1. The molecule has 0 spiro atoms. The van der Waals surface area contributed by atoms with Crippen molar-refractivity contribution in [3.05, 3.63) is 59.2 Å². The molecule has 20 heavy (non-hydrogen) atoms. The monoisotopic (exact) mass is 269 g/mol. The van der Waals surface area contributed by atoms with Crippen LogP contribution >= 0.6 is 0 Å². The molecular formula is C17H19NO2. The summed E-state index contributed by atoms with van der Waals surface area (Å²) < 4.78 is 11.0. The van der Waals surface area contributed by atoms with Crippen LogP contribution in [-0.4, -0.2) is 13.7 Å². The van der Waals surface area contributed by atoms with Crippen LogP contribution in [0.4, 0.5) is 0 Å². The summed E-state index contributed by atoms with van der Waals surface area (Å²) in [6.07, 6.45) is 0. The van der Waals surface area contributed by atoms with Crippen LogP contribution in [0.2, 0.25) is 0 Å². The van der Waals surface area contributed by atoms with Gasteiger partial charge in [0.05, 0.1) is 13.2 Å². The Kier molecular flexibility index (Phi) is 3.61. The molecule has 1 unspecified atom stereocenters. The molecule has 0 bridgehead atoms. The van der Waals surface area contributed by atoms with Gasteiger partial charge in [0, 0.05) is 12.1 Å². The Morgan fingerprint density at radius 1 is 1.25 bits per heavy atom. The van der Waals surface area contributed by atoms with Crippen LogP contribution in [0.25, 0.3) is 0 Å². The van der Waals surface area contributed by atoms with Crippen LogP contribution in [0, 0.1) is 6.92 Å². The zero-order valence-electron chi connectivity index (χ0n) is 11.8. The lowest BCUT2D eigenvalue weighted by Gasteiger charge is -2.13. The maximum Gasteiger partial charge on any atom is 0.124 e. The van der Waals surface area contributed by atoms with E-state index < -0.39 is 0 Å². The lowest BCUT2D eigenvalue weighted by atomic mass is 10.1. The molecule has 1 heterocycles. The highest BCUT2D eigenvalue weighted by Gasteiger charge is 2.22. The van der Waals surface area contributed by atoms with Gasteiger partial charge in [-0.1, -0.05) is 30.3 Å². The summed E-state index contributed by atoms with van der Waals surface area (Å²) in [5, 5.41) is 3.55. The highest BCUT2D eigenvalue weighted by atomic mass is 16.5. The summed E-state index contributed by atoms with van der Waals surface area (Å²) in [4.78, 5) is 0. The van der Waals surface area contributed by atoms with Gasteiger partial charge in [-0.05, 0) is 30.2 Å². The Labute approximate surface area is 119 Å². The van der Waals surface area contributed by atoms with Crippen molar-refractivity contribution in [2.24, 2.45) is 0 Å². The van der Waals surface area contributed by atoms with Crippen molar-refractivity contribution in [1.29, 1.82) is 0 Å². The summed E-state index contributed by atoms with van der Waals surface area (Å²) in [6, 6.07) is 14.8. The molecule has 2 aromatic carbocycles. The smallest absolute Gasteiger partial charge is 0.124 e. The second-order valence-corrected chi connectivity index (χ2v) is 5.09. The van der Waals surface area contributed by atoms with Gasteiger partial charge < -0.3 is 14.8 Å². The van der Waals surface area contributed by atoms with Crippen LogP contribution in [-0.2, 0) is 6.54 Å². The summed E-state index contributed by atoms with van der Waals surface area (Å²) in [5.74, 6) is 1.93. The molecule has 0 saturated heterocycles. The first-order chi connectivity index (χ1) is 9.78. The van der Waals surface area contributed by atoms with Crippen molar-refractivity contribution < 1.29 is 9.47 Å². The lowest BCUT2D eigenvalue weighted by Crippen LogP contribution is -2.22. The third kappa shape index (κ3) is 2.49. The number of hydrogen-bond acceptors (Lipinski definition) is 3. The van der Waals surface area contributed by atoms with Crippen molar-refractivity contribution in [2.75, 3.05) is 13.7 Å². The van der Waals surface area contributed by atoms with E-state index in [1.165, 1.54) is 11.1 Å². The van der Waals surface area contributed by atoms with E-state index in [9.17, 15) is 0 Å². The first kappa shape index (κ1) is 13.0. The molecule has 1 aliphatic heterocycles. The van der Waals surface area contributed by atoms with Gasteiger partial charge in [0.1, 0.15) is 18.1 Å². The minimum Gasteiger partial charge on any atom is -0.496 e. The zero-order chi connectivity index (χ0) is 13.9. The Morgan fingerprint density at radius 2 is 2.10 bits per heavy atom. The average Bonchev–Trinajstić information content (AvgIpc) is 2.88. The summed E-state index contributed by atoms with van der Waals surface area (Å²) in [6.45, 7) is 3.60. The van der Waals surface area contributed by atoms with Crippen molar-refractivity contribution in [3.63, 3.8) is 0 Å². The van der Waals surface area contributed by atoms with Gasteiger partial charge in [0.25, 0.3) is 0 Å². The fraction of sp³-hybridized carbons (Fsp3) is 0.294. The Morgan fingerprint density at radius 3 is 2.90 bits per heavy atom. The third-order valence-electron chi connectivity index (χ3n) is 3.71. The minimum absolute atomic E-state index is 0.272. The van der Waals surface area contributed by atoms with Gasteiger partial charge in [0.2, 0.25) is 0 Å². The molecule has 104 valence electrons. The van der Waals surface area contributed by atoms with Gasteiger partial charge in [-0.2, -0.15) is 0 Å². The lowest BCUT2D eigenvalue weighted by molar-refractivity contribution is 0.310. The largest absolute Gasteiger partial charge is 0.496 e. The number of hydrogen-bond donors (Lipinski definition) is 1. The van der Waals surface area contributed by atoms with Crippen LogP contribution < -0.4 is 14.8 Å². The molecule has 2 aromatic rings. The van der Waals surface area contributed by atoms with Gasteiger partial charge in [-0.15, -0.1) is 0 Å². The van der Waals surface area contributed by atoms with E-state index in [2.05, 4.69) is 36.5 Å². The van der Waals surface area contributed by atoms with Crippen molar-refractivity contribution >= 4 is 0 Å². The van der Waals surface area contributed by atoms with Crippen LogP contribution in [0.3, 0.4) is 0 Å². The standard InChI is InChI=1S/C17H19NO2/c1-12-9-13(7-8-16(12)19-2)10-18-15-11-20-17-6-4-3-5-14(15)17/h3-9,15,18H,10-11H2,1-2H3. The summed E-state index contributed by atoms with van der Waals surface area (Å²) in [5.41, 5.74) is 3.67. The quantitative estimate of drug-likeness (QED) is 0.924. The Bertz CT molecular complexity index is 610. The predicted molar refractivity (Wildman–Crippen MR) is 79.2 cm³/mol. The van der Waals surface area contributed by atoms with E-state index in [0.717, 1.165) is 23.6 Å². The fourth-order valence-corrected chi connectivity index (χ4v) is 2.62. The number of benzene rings is 2. The van der Waals surface area contributed by atoms with E-state index >= 15 is 0 Å². The third-order valence-corrected chi connectivity index (χ3v) is 3.71. The number of fused-ring (bicyclic) bond motifs is 1. The number of nitrogens with one attached hydrogen (secondary N) is 1. The van der Waals surface area contributed by atoms with Gasteiger partial charge in [-0.3, -0.25) is 0 Å². The van der Waals surface area contributed by atoms with Crippen LogP contribution in [0.15, 0.2) is 42.5 Å². The van der Waals surface area contributed by atoms with Crippen LogP contribution in [0.1, 0.15) is 22.7 Å². The Hall–Kier alpha value is -2.00. The fourth-order valence-electron chi connectivity index (χ4n) is 2.62. The topological polar surface area (TPSA) is 30.5 Å². The zero-order valence-corrected chi connectivity index (χ0v) is 11.8. The van der Waals surface area contributed by atoms with Gasteiger partial charge in [-0.25, -0.2) is 0 Å². The van der Waals surface area contributed by atoms with E-state index in [4.69, 9.17) is 9.47 Å². The summed E-state index contributed by atoms with van der Waals surface area (Å²) in [7, 11) is 1.70. The second kappa shape index (κ2) is 5.55. The van der Waals surface area contributed by atoms with E-state index in [1.807, 2.05) is 18.2 Å². The Balaban J connectivity index is 1.67. The van der Waals surface area contributed by atoms with Crippen molar-refractivity contribution in [1.82, 2.24) is 5.32 Å². The number of ether oxygens (including phenoxy) is 2. The minimum atomic E-state index is 0.272. The second-order valence-electron chi connectivity index (χ2n) is 5.09. The molecule has 1 N–H and O–H groups in total. The molecule has 0 fully saturated rings. The maximum absolute atomic E-state index is 5.68. The van der Waals surface area contributed by atoms with E-state index in [-0.39, 0.29) is 6.04 Å². The highest BCUT2D eigenvalue weighted by Crippen LogP contribution is 2.31. The molecule has 3 rings (SSSR count). The summed E-state index contributed by atoms with van der Waals surface area (Å²) >= 11 is 0. The van der Waals surface area contributed by atoms with Crippen molar-refractivity contribution in [2.45, 2.75) is 19.5 Å². The maximum atomic E-state index is 5.68. The average molecular weight is 269 g/mol. The highest BCUT2D eigenvalue weighted by molar-refractivity contribution is 5.39. The molecule has 1 aliphatic rings. The number of rotatable bonds is 4. The van der Waals surface area contributed by atoms with Gasteiger partial charge in [0.15, 0.2) is 0 Å². The predicted octanol–water partition coefficient (Wildman–Crippen LogP) is 3.23. The van der Waals surface area contributed by atoms with E-state index in [0.29, 0.717) is 6.61 Å². The number of aryl methyl sites for hydroxylation is 1. The SMILES string of the molecule is COc1ccc(CNC2COc3ccccc32)cc1C. The van der Waals surface area contributed by atoms with Gasteiger partial charge >= 0.3 is 0 Å². The number of para-hydroxylation sites is 1. The first-order valence-electron chi connectivity index (χ1n) is 6.86. The molecule has 0 radical (unpaired) electrons. The molecular weight excluding hydrogens is 250 g/mol. The molecule has 0 saturated carbocycles. The van der Waals surface area contributed by atoms with Crippen LogP contribution in [0.5, 0.6) is 11.5 Å². The normalized spacial score (nSPS) is 16.6.